The van der Waals surface area contributed by atoms with Gasteiger partial charge in [-0.1, -0.05) is 0 Å². The molecule has 6 nitrogen and oxygen atoms in total. The van der Waals surface area contributed by atoms with E-state index in [0.29, 0.717) is 6.54 Å². The molecule has 0 bridgehead atoms. The number of hydrogen-bond acceptors (Lipinski definition) is 3. The van der Waals surface area contributed by atoms with Gasteiger partial charge >= 0.3 is 0 Å². The SMILES string of the molecule is Cc1ccn(CCCNC(=O)C(C)n2nc(C)c(Br)c2C)n1. The lowest BCUT2D eigenvalue weighted by atomic mass is 10.3. The highest BCUT2D eigenvalue weighted by Crippen LogP contribution is 2.22. The van der Waals surface area contributed by atoms with Gasteiger partial charge in [-0.3, -0.25) is 14.2 Å². The zero-order chi connectivity index (χ0) is 16.3. The zero-order valence-corrected chi connectivity index (χ0v) is 15.0. The third-order valence-electron chi connectivity index (χ3n) is 3.62. The van der Waals surface area contributed by atoms with Crippen LogP contribution in [0.2, 0.25) is 0 Å². The first-order valence-electron chi connectivity index (χ1n) is 7.39. The Morgan fingerprint density at radius 1 is 1.36 bits per heavy atom. The number of amides is 1. The molecule has 0 aliphatic rings. The van der Waals surface area contributed by atoms with Crippen LogP contribution in [0, 0.1) is 20.8 Å². The molecule has 1 N–H and O–H groups in total. The third-order valence-corrected chi connectivity index (χ3v) is 4.77. The van der Waals surface area contributed by atoms with Gasteiger partial charge in [-0.05, 0) is 56.1 Å². The van der Waals surface area contributed by atoms with Gasteiger partial charge in [-0.25, -0.2) is 0 Å². The first kappa shape index (κ1) is 16.7. The summed E-state index contributed by atoms with van der Waals surface area (Å²) in [6, 6.07) is 1.65. The molecule has 0 saturated carbocycles. The topological polar surface area (TPSA) is 64.7 Å². The summed E-state index contributed by atoms with van der Waals surface area (Å²) < 4.78 is 4.61. The molecule has 0 aromatic carbocycles. The Kier molecular flexibility index (Phi) is 5.39. The molecule has 1 amide bonds. The summed E-state index contributed by atoms with van der Waals surface area (Å²) in [5.74, 6) is -0.0188. The van der Waals surface area contributed by atoms with E-state index in [1.165, 1.54) is 0 Å². The molecule has 0 fully saturated rings. The predicted octanol–water partition coefficient (Wildman–Crippen LogP) is 2.53. The normalized spacial score (nSPS) is 12.4. The van der Waals surface area contributed by atoms with Crippen molar-refractivity contribution in [3.8, 4) is 0 Å². The number of halogens is 1. The molecule has 2 aromatic rings. The second kappa shape index (κ2) is 7.09. The van der Waals surface area contributed by atoms with E-state index in [0.717, 1.165) is 34.5 Å². The van der Waals surface area contributed by atoms with Gasteiger partial charge in [-0.15, -0.1) is 0 Å². The minimum absolute atomic E-state index is 0.0188. The fraction of sp³-hybridized carbons (Fsp3) is 0.533. The van der Waals surface area contributed by atoms with Gasteiger partial charge in [-0.2, -0.15) is 10.2 Å². The number of aromatic nitrogens is 4. The van der Waals surface area contributed by atoms with Crippen LogP contribution in [-0.4, -0.2) is 32.0 Å². The van der Waals surface area contributed by atoms with Gasteiger partial charge in [0.15, 0.2) is 0 Å². The zero-order valence-electron chi connectivity index (χ0n) is 13.4. The van der Waals surface area contributed by atoms with Crippen LogP contribution in [-0.2, 0) is 11.3 Å². The van der Waals surface area contributed by atoms with Crippen LogP contribution in [0.25, 0.3) is 0 Å². The van der Waals surface area contributed by atoms with Crippen LogP contribution in [0.5, 0.6) is 0 Å². The van der Waals surface area contributed by atoms with Crippen molar-refractivity contribution in [3.05, 3.63) is 33.8 Å². The standard InChI is InChI=1S/C15H22BrN5O/c1-10-6-9-20(18-10)8-5-7-17-15(22)13(4)21-12(3)14(16)11(2)19-21/h6,9,13H,5,7-8H2,1-4H3,(H,17,22). The van der Waals surface area contributed by atoms with E-state index >= 15 is 0 Å². The highest BCUT2D eigenvalue weighted by atomic mass is 79.9. The van der Waals surface area contributed by atoms with Gasteiger partial charge in [0.2, 0.25) is 5.91 Å². The van der Waals surface area contributed by atoms with Crippen LogP contribution in [0.15, 0.2) is 16.7 Å². The number of nitrogens with zero attached hydrogens (tertiary/aromatic N) is 4. The van der Waals surface area contributed by atoms with Crippen LogP contribution in [0.4, 0.5) is 0 Å². The highest BCUT2D eigenvalue weighted by molar-refractivity contribution is 9.10. The Bertz CT molecular complexity index is 661. The van der Waals surface area contributed by atoms with Gasteiger partial charge in [0.25, 0.3) is 0 Å². The van der Waals surface area contributed by atoms with E-state index in [-0.39, 0.29) is 11.9 Å². The van der Waals surface area contributed by atoms with E-state index in [1.807, 2.05) is 44.6 Å². The van der Waals surface area contributed by atoms with Gasteiger partial charge in [0, 0.05) is 19.3 Å². The van der Waals surface area contributed by atoms with E-state index in [1.54, 1.807) is 4.68 Å². The molecule has 7 heteroatoms. The van der Waals surface area contributed by atoms with E-state index in [9.17, 15) is 4.79 Å². The lowest BCUT2D eigenvalue weighted by Gasteiger charge is -2.14. The Balaban J connectivity index is 1.82. The Morgan fingerprint density at radius 2 is 2.09 bits per heavy atom. The van der Waals surface area contributed by atoms with Crippen LogP contribution in [0.1, 0.15) is 36.5 Å². The molecular formula is C15H22BrN5O. The number of nitrogens with one attached hydrogen (secondary N) is 1. The van der Waals surface area contributed by atoms with Crippen molar-refractivity contribution in [3.63, 3.8) is 0 Å². The van der Waals surface area contributed by atoms with Crippen molar-refractivity contribution in [2.45, 2.75) is 46.7 Å². The summed E-state index contributed by atoms with van der Waals surface area (Å²) in [5.41, 5.74) is 2.87. The summed E-state index contributed by atoms with van der Waals surface area (Å²) >= 11 is 3.48. The Morgan fingerprint density at radius 3 is 2.64 bits per heavy atom. The van der Waals surface area contributed by atoms with Crippen molar-refractivity contribution in [1.82, 2.24) is 24.9 Å². The molecular weight excluding hydrogens is 346 g/mol. The Hall–Kier alpha value is -1.63. The first-order chi connectivity index (χ1) is 10.4. The quantitative estimate of drug-likeness (QED) is 0.797. The molecule has 2 heterocycles. The molecule has 120 valence electrons. The molecule has 1 unspecified atom stereocenters. The van der Waals surface area contributed by atoms with E-state index in [4.69, 9.17) is 0 Å². The lowest BCUT2D eigenvalue weighted by Crippen LogP contribution is -2.33. The largest absolute Gasteiger partial charge is 0.354 e. The Labute approximate surface area is 139 Å². The average Bonchev–Trinajstić information content (AvgIpc) is 3.01. The highest BCUT2D eigenvalue weighted by Gasteiger charge is 2.19. The molecule has 0 spiro atoms. The molecule has 2 rings (SSSR count). The summed E-state index contributed by atoms with van der Waals surface area (Å²) in [6.45, 7) is 9.12. The fourth-order valence-corrected chi connectivity index (χ4v) is 2.58. The van der Waals surface area contributed by atoms with E-state index in [2.05, 4.69) is 31.4 Å². The predicted molar refractivity (Wildman–Crippen MR) is 88.7 cm³/mol. The van der Waals surface area contributed by atoms with Crippen molar-refractivity contribution in [1.29, 1.82) is 0 Å². The second-order valence-corrected chi connectivity index (χ2v) is 6.26. The third kappa shape index (κ3) is 3.76. The maximum absolute atomic E-state index is 12.2. The van der Waals surface area contributed by atoms with Crippen molar-refractivity contribution < 1.29 is 4.79 Å². The smallest absolute Gasteiger partial charge is 0.244 e. The molecule has 0 aliphatic carbocycles. The second-order valence-electron chi connectivity index (χ2n) is 5.47. The first-order valence-corrected chi connectivity index (χ1v) is 8.18. The number of aryl methyl sites for hydroxylation is 3. The number of hydrogen-bond donors (Lipinski definition) is 1. The maximum Gasteiger partial charge on any atom is 0.244 e. The summed E-state index contributed by atoms with van der Waals surface area (Å²) in [6.07, 6.45) is 2.80. The average molecular weight is 368 g/mol. The summed E-state index contributed by atoms with van der Waals surface area (Å²) in [4.78, 5) is 12.2. The number of carbonyl (C=O) groups excluding carboxylic acids is 1. The minimum atomic E-state index is -0.322. The van der Waals surface area contributed by atoms with E-state index < -0.39 is 0 Å². The lowest BCUT2D eigenvalue weighted by molar-refractivity contribution is -0.124. The maximum atomic E-state index is 12.2. The molecule has 0 radical (unpaired) electrons. The molecule has 0 aliphatic heterocycles. The van der Waals surface area contributed by atoms with Crippen molar-refractivity contribution in [2.24, 2.45) is 0 Å². The van der Waals surface area contributed by atoms with Gasteiger partial charge < -0.3 is 5.32 Å². The molecule has 22 heavy (non-hydrogen) atoms. The van der Waals surface area contributed by atoms with Gasteiger partial charge in [0.05, 0.1) is 21.6 Å². The van der Waals surface area contributed by atoms with Gasteiger partial charge in [0.1, 0.15) is 6.04 Å². The number of carbonyl (C=O) groups is 1. The molecule has 1 atom stereocenters. The molecule has 2 aromatic heterocycles. The van der Waals surface area contributed by atoms with Crippen LogP contribution in [0.3, 0.4) is 0 Å². The van der Waals surface area contributed by atoms with Crippen molar-refractivity contribution in [2.75, 3.05) is 6.54 Å². The molecule has 0 saturated heterocycles. The summed E-state index contributed by atoms with van der Waals surface area (Å²) in [5, 5.41) is 11.7. The number of rotatable bonds is 6. The summed E-state index contributed by atoms with van der Waals surface area (Å²) in [7, 11) is 0. The van der Waals surface area contributed by atoms with Crippen LogP contribution >= 0.6 is 15.9 Å². The fourth-order valence-electron chi connectivity index (χ4n) is 2.32. The van der Waals surface area contributed by atoms with Crippen LogP contribution < -0.4 is 5.32 Å². The minimum Gasteiger partial charge on any atom is -0.354 e. The monoisotopic (exact) mass is 367 g/mol. The van der Waals surface area contributed by atoms with Crippen molar-refractivity contribution >= 4 is 21.8 Å².